The molecule has 0 heterocycles. The Morgan fingerprint density at radius 2 is 1.83 bits per heavy atom. The lowest BCUT2D eigenvalue weighted by atomic mass is 10.1. The van der Waals surface area contributed by atoms with Gasteiger partial charge in [0.25, 0.3) is 5.69 Å². The maximum absolute atomic E-state index is 11.7. The van der Waals surface area contributed by atoms with Crippen molar-refractivity contribution in [3.05, 3.63) is 63.7 Å². The molecule has 0 radical (unpaired) electrons. The number of halogens is 1. The third-order valence-electron chi connectivity index (χ3n) is 4.16. The number of nitrogens with zero attached hydrogens (tertiary/aromatic N) is 2. The molecule has 2 aromatic rings. The van der Waals surface area contributed by atoms with E-state index in [9.17, 15) is 18.5 Å². The van der Waals surface area contributed by atoms with Crippen molar-refractivity contribution in [2.24, 2.45) is 4.99 Å². The molecule has 0 saturated carbocycles. The lowest BCUT2D eigenvalue weighted by Gasteiger charge is -2.13. The molecule has 0 aliphatic rings. The second-order valence-corrected chi connectivity index (χ2v) is 8.41. The van der Waals surface area contributed by atoms with Gasteiger partial charge in [0.15, 0.2) is 15.8 Å². The summed E-state index contributed by atoms with van der Waals surface area (Å²) in [7, 11) is -1.60. The molecule has 9 nitrogen and oxygen atoms in total. The van der Waals surface area contributed by atoms with Crippen LogP contribution in [-0.4, -0.2) is 45.7 Å². The molecule has 30 heavy (non-hydrogen) atoms. The number of hydrogen-bond donors (Lipinski definition) is 3. The first kappa shape index (κ1) is 25.6. The first-order chi connectivity index (χ1) is 13.7. The predicted molar refractivity (Wildman–Crippen MR) is 129 cm³/mol. The monoisotopic (exact) mass is 547 g/mol. The zero-order valence-electron chi connectivity index (χ0n) is 17.0. The average Bonchev–Trinajstić information content (AvgIpc) is 2.66. The van der Waals surface area contributed by atoms with E-state index in [0.717, 1.165) is 5.56 Å². The van der Waals surface area contributed by atoms with Gasteiger partial charge in [-0.1, -0.05) is 24.3 Å². The first-order valence-corrected chi connectivity index (χ1v) is 10.8. The van der Waals surface area contributed by atoms with Gasteiger partial charge in [-0.2, -0.15) is 0 Å². The highest BCUT2D eigenvalue weighted by atomic mass is 127. The van der Waals surface area contributed by atoms with E-state index in [1.807, 2.05) is 6.07 Å². The second-order valence-electron chi connectivity index (χ2n) is 6.43. The molecular weight excluding hydrogens is 521 g/mol. The van der Waals surface area contributed by atoms with Crippen molar-refractivity contribution in [2.75, 3.05) is 31.7 Å². The number of benzene rings is 2. The average molecular weight is 547 g/mol. The SMILES string of the molecule is CN=C(NCCNc1ccccc1[N+](=O)[O-])NCc1ccc(S(C)(=O)=O)c(C)c1.I. The van der Waals surface area contributed by atoms with Crippen LogP contribution >= 0.6 is 24.0 Å². The van der Waals surface area contributed by atoms with Crippen LogP contribution in [0.2, 0.25) is 0 Å². The summed E-state index contributed by atoms with van der Waals surface area (Å²) in [6, 6.07) is 11.7. The standard InChI is InChI=1S/C19H25N5O4S.HI/c1-14-12-15(8-9-18(14)29(3,27)28)13-23-19(20-2)22-11-10-21-16-6-4-5-7-17(16)24(25)26;/h4-9,12,21H,10-11,13H2,1-3H3,(H2,20,22,23);1H. The van der Waals surface area contributed by atoms with E-state index in [0.29, 0.717) is 41.7 Å². The molecule has 0 unspecified atom stereocenters. The number of para-hydroxylation sites is 2. The normalized spacial score (nSPS) is 11.4. The van der Waals surface area contributed by atoms with Gasteiger partial charge in [0.2, 0.25) is 0 Å². The van der Waals surface area contributed by atoms with Crippen LogP contribution in [0.15, 0.2) is 52.4 Å². The van der Waals surface area contributed by atoms with Crippen LogP contribution in [0, 0.1) is 17.0 Å². The minimum absolute atomic E-state index is 0. The van der Waals surface area contributed by atoms with E-state index in [2.05, 4.69) is 20.9 Å². The Morgan fingerprint density at radius 1 is 1.13 bits per heavy atom. The summed E-state index contributed by atoms with van der Waals surface area (Å²) >= 11 is 0. The van der Waals surface area contributed by atoms with Gasteiger partial charge < -0.3 is 16.0 Å². The van der Waals surface area contributed by atoms with E-state index >= 15 is 0 Å². The van der Waals surface area contributed by atoms with Gasteiger partial charge >= 0.3 is 0 Å². The van der Waals surface area contributed by atoms with Crippen LogP contribution < -0.4 is 16.0 Å². The number of nitro benzene ring substituents is 1. The fraction of sp³-hybridized carbons (Fsp3) is 0.316. The van der Waals surface area contributed by atoms with Gasteiger partial charge in [-0.25, -0.2) is 8.42 Å². The molecular formula is C19H26IN5O4S. The summed E-state index contributed by atoms with van der Waals surface area (Å²) in [5.41, 5.74) is 2.12. The topological polar surface area (TPSA) is 126 Å². The number of hydrogen-bond acceptors (Lipinski definition) is 6. The Hall–Kier alpha value is -2.41. The van der Waals surface area contributed by atoms with Gasteiger partial charge in [-0.15, -0.1) is 24.0 Å². The number of guanidine groups is 1. The molecule has 164 valence electrons. The van der Waals surface area contributed by atoms with E-state index in [1.54, 1.807) is 44.3 Å². The minimum atomic E-state index is -3.24. The lowest BCUT2D eigenvalue weighted by molar-refractivity contribution is -0.384. The maximum Gasteiger partial charge on any atom is 0.292 e. The van der Waals surface area contributed by atoms with Crippen molar-refractivity contribution in [3.8, 4) is 0 Å². The van der Waals surface area contributed by atoms with E-state index in [4.69, 9.17) is 0 Å². The van der Waals surface area contributed by atoms with E-state index in [1.165, 1.54) is 12.3 Å². The quantitative estimate of drug-likeness (QED) is 0.116. The van der Waals surface area contributed by atoms with Gasteiger partial charge in [-0.3, -0.25) is 15.1 Å². The number of aryl methyl sites for hydroxylation is 1. The van der Waals surface area contributed by atoms with Gasteiger partial charge in [0.05, 0.1) is 9.82 Å². The van der Waals surface area contributed by atoms with Crippen LogP contribution in [0.5, 0.6) is 0 Å². The molecule has 0 saturated heterocycles. The van der Waals surface area contributed by atoms with Gasteiger partial charge in [-0.05, 0) is 30.2 Å². The third kappa shape index (κ3) is 7.44. The number of aliphatic imine (C=N–C) groups is 1. The molecule has 0 fully saturated rings. The minimum Gasteiger partial charge on any atom is -0.378 e. The Kier molecular flexibility index (Phi) is 9.99. The predicted octanol–water partition coefficient (Wildman–Crippen LogP) is 2.70. The van der Waals surface area contributed by atoms with E-state index in [-0.39, 0.29) is 29.7 Å². The van der Waals surface area contributed by atoms with Crippen molar-refractivity contribution < 1.29 is 13.3 Å². The molecule has 2 aromatic carbocycles. The Labute approximate surface area is 193 Å². The second kappa shape index (κ2) is 11.7. The zero-order chi connectivity index (χ0) is 21.4. The van der Waals surface area contributed by atoms with Crippen LogP contribution in [0.1, 0.15) is 11.1 Å². The van der Waals surface area contributed by atoms with E-state index < -0.39 is 14.8 Å². The Morgan fingerprint density at radius 3 is 2.43 bits per heavy atom. The molecule has 0 spiro atoms. The van der Waals surface area contributed by atoms with Crippen molar-refractivity contribution in [2.45, 2.75) is 18.4 Å². The fourth-order valence-corrected chi connectivity index (χ4v) is 3.76. The molecule has 3 N–H and O–H groups in total. The number of nitro groups is 1. The molecule has 11 heteroatoms. The third-order valence-corrected chi connectivity index (χ3v) is 5.41. The highest BCUT2D eigenvalue weighted by molar-refractivity contribution is 14.0. The smallest absolute Gasteiger partial charge is 0.292 e. The van der Waals surface area contributed by atoms with Crippen molar-refractivity contribution >= 4 is 51.1 Å². The highest BCUT2D eigenvalue weighted by Gasteiger charge is 2.12. The summed E-state index contributed by atoms with van der Waals surface area (Å²) in [6.45, 7) is 3.20. The Balaban J connectivity index is 0.00000450. The van der Waals surface area contributed by atoms with Crippen LogP contribution in [0.4, 0.5) is 11.4 Å². The van der Waals surface area contributed by atoms with Gasteiger partial charge in [0.1, 0.15) is 5.69 Å². The fourth-order valence-electron chi connectivity index (χ4n) is 2.80. The summed E-state index contributed by atoms with van der Waals surface area (Å²) in [4.78, 5) is 15.1. The lowest BCUT2D eigenvalue weighted by Crippen LogP contribution is -2.39. The summed E-state index contributed by atoms with van der Waals surface area (Å²) in [5, 5.41) is 20.3. The number of anilines is 1. The largest absolute Gasteiger partial charge is 0.378 e. The Bertz CT molecular complexity index is 1010. The molecule has 0 aliphatic carbocycles. The zero-order valence-corrected chi connectivity index (χ0v) is 20.2. The maximum atomic E-state index is 11.7. The molecule has 0 bridgehead atoms. The highest BCUT2D eigenvalue weighted by Crippen LogP contribution is 2.22. The van der Waals surface area contributed by atoms with Crippen molar-refractivity contribution in [3.63, 3.8) is 0 Å². The number of nitrogens with one attached hydrogen (secondary N) is 3. The van der Waals surface area contributed by atoms with Crippen molar-refractivity contribution in [1.82, 2.24) is 10.6 Å². The van der Waals surface area contributed by atoms with Crippen LogP contribution in [-0.2, 0) is 16.4 Å². The van der Waals surface area contributed by atoms with Crippen LogP contribution in [0.25, 0.3) is 0 Å². The number of sulfone groups is 1. The summed E-state index contributed by atoms with van der Waals surface area (Å²) in [6.07, 6.45) is 1.19. The molecule has 0 aromatic heterocycles. The summed E-state index contributed by atoms with van der Waals surface area (Å²) < 4.78 is 23.4. The molecule has 0 atom stereocenters. The molecule has 0 aliphatic heterocycles. The number of rotatable bonds is 8. The first-order valence-electron chi connectivity index (χ1n) is 8.93. The van der Waals surface area contributed by atoms with Crippen LogP contribution in [0.3, 0.4) is 0 Å². The molecule has 0 amide bonds. The summed E-state index contributed by atoms with van der Waals surface area (Å²) in [5.74, 6) is 0.569. The van der Waals surface area contributed by atoms with Gasteiger partial charge in [0, 0.05) is 39.0 Å². The van der Waals surface area contributed by atoms with Crippen molar-refractivity contribution in [1.29, 1.82) is 0 Å². The molecule has 2 rings (SSSR count).